The first kappa shape index (κ1) is 17.6. The van der Waals surface area contributed by atoms with Crippen LogP contribution in [0, 0.1) is 5.41 Å². The monoisotopic (exact) mass is 218 g/mol. The molecule has 0 fully saturated rings. The summed E-state index contributed by atoms with van der Waals surface area (Å²) in [6, 6.07) is 0. The van der Waals surface area contributed by atoms with Gasteiger partial charge in [-0.25, -0.2) is 11.1 Å². The van der Waals surface area contributed by atoms with E-state index in [9.17, 15) is 0 Å². The fraction of sp³-hybridized carbons (Fsp3) is 0. The lowest BCUT2D eigenvalue weighted by molar-refractivity contribution is -0.304. The van der Waals surface area contributed by atoms with Crippen molar-refractivity contribution in [3.05, 3.63) is 0 Å². The zero-order valence-electron chi connectivity index (χ0n) is 6.64. The van der Waals surface area contributed by atoms with E-state index in [0.717, 1.165) is 0 Å². The molecule has 0 bridgehead atoms. The maximum Gasteiger partial charge on any atom is 0.432 e. The molecule has 0 aliphatic rings. The molecule has 13 heavy (non-hydrogen) atoms. The molecule has 0 atom stereocenters. The predicted octanol–water partition coefficient (Wildman–Crippen LogP) is -5.51. The molecule has 0 aromatic rings. The Morgan fingerprint density at radius 3 is 1.31 bits per heavy atom. The van der Waals surface area contributed by atoms with Crippen molar-refractivity contribution >= 4 is 22.3 Å². The van der Waals surface area contributed by atoms with Crippen LogP contribution in [0.15, 0.2) is 0 Å². The van der Waals surface area contributed by atoms with Crippen molar-refractivity contribution in [3.8, 4) is 0 Å². The van der Waals surface area contributed by atoms with Crippen LogP contribution >= 0.6 is 0 Å². The van der Waals surface area contributed by atoms with Crippen LogP contribution < -0.4 is 28.3 Å². The van der Waals surface area contributed by atoms with Crippen molar-refractivity contribution in [1.29, 1.82) is 5.41 Å². The summed E-state index contributed by atoms with van der Waals surface area (Å²) in [6.45, 7) is 0. The Morgan fingerprint density at radius 1 is 1.31 bits per heavy atom. The van der Waals surface area contributed by atoms with Crippen LogP contribution in [0.2, 0.25) is 0 Å². The van der Waals surface area contributed by atoms with E-state index in [1.165, 1.54) is 0 Å². The average Bonchev–Trinajstić information content (AvgIpc) is 1.50. The molecule has 0 spiro atoms. The summed E-state index contributed by atoms with van der Waals surface area (Å²) < 4.78 is 31.6. The third kappa shape index (κ3) is 380. The number of nitrogens with two attached hydrogens (primary N) is 4. The number of hydrogen-bond acceptors (Lipinski definition) is 3. The highest BCUT2D eigenvalue weighted by atomic mass is 32.3. The normalized spacial score (nSPS) is 8.23. The van der Waals surface area contributed by atoms with E-state index in [-0.39, 0.29) is 11.9 Å². The average molecular weight is 218 g/mol. The van der Waals surface area contributed by atoms with Crippen molar-refractivity contribution in [3.63, 3.8) is 0 Å². The molecular weight excluding hydrogens is 204 g/mol. The van der Waals surface area contributed by atoms with Crippen LogP contribution in [0.1, 0.15) is 0 Å². The van der Waals surface area contributed by atoms with Gasteiger partial charge in [0.1, 0.15) is 0 Å². The van der Waals surface area contributed by atoms with E-state index < -0.39 is 10.4 Å². The first-order chi connectivity index (χ1) is 5.46. The second-order valence-electron chi connectivity index (χ2n) is 1.48. The Labute approximate surface area is 74.5 Å². The first-order valence-corrected chi connectivity index (χ1v) is 3.85. The predicted molar refractivity (Wildman–Crippen MR) is 44.3 cm³/mol. The van der Waals surface area contributed by atoms with Crippen molar-refractivity contribution in [2.45, 2.75) is 0 Å². The van der Waals surface area contributed by atoms with E-state index in [1.54, 1.807) is 0 Å². The second-order valence-corrected chi connectivity index (χ2v) is 2.37. The van der Waals surface area contributed by atoms with Gasteiger partial charge in [-0.2, -0.15) is 8.42 Å². The van der Waals surface area contributed by atoms with Crippen LogP contribution in [0.25, 0.3) is 0 Å². The zero-order chi connectivity index (χ0) is 11.7. The number of guanidine groups is 2. The van der Waals surface area contributed by atoms with E-state index >= 15 is 0 Å². The molecule has 0 aliphatic heterocycles. The molecule has 0 amide bonds. The lowest BCUT2D eigenvalue weighted by Crippen LogP contribution is -2.74. The van der Waals surface area contributed by atoms with Gasteiger partial charge in [0.05, 0.1) is 0 Å². The van der Waals surface area contributed by atoms with Gasteiger partial charge in [0.25, 0.3) is 0 Å². The number of hydrogen-bond donors (Lipinski definition) is 8. The lowest BCUT2D eigenvalue weighted by atomic mass is 11.1. The van der Waals surface area contributed by atoms with E-state index in [1.807, 2.05) is 0 Å². The first-order valence-electron chi connectivity index (χ1n) is 2.46. The van der Waals surface area contributed by atoms with Crippen LogP contribution in [-0.4, -0.2) is 29.4 Å². The smallest absolute Gasteiger partial charge is 0.370 e. The van der Waals surface area contributed by atoms with Gasteiger partial charge in [0, 0.05) is 0 Å². The molecule has 0 aromatic heterocycles. The molecule has 0 aliphatic carbocycles. The molecule has 0 rings (SSSR count). The number of rotatable bonds is 0. The Bertz CT molecular complexity index is 217. The number of quaternary nitrogens is 1. The molecule has 0 unspecified atom stereocenters. The van der Waals surface area contributed by atoms with Crippen LogP contribution in [0.4, 0.5) is 0 Å². The Kier molecular flexibility index (Phi) is 11.7. The lowest BCUT2D eigenvalue weighted by Gasteiger charge is -1.69. The third-order valence-corrected chi connectivity index (χ3v) is 0. The van der Waals surface area contributed by atoms with E-state index in [2.05, 4.69) is 17.2 Å². The standard InChI is InChI=1S/2CH5N3.H2O4S/c2*2-1(3)4;1-5(2,3)4/h2*(H5,2,3,4);(H2,1,2,3,4)/p+2. The summed E-state index contributed by atoms with van der Waals surface area (Å²) in [7, 11) is -4.67. The molecule has 0 aromatic carbocycles. The molecule has 11 heteroatoms. The largest absolute Gasteiger partial charge is 0.432 e. The van der Waals surface area contributed by atoms with Gasteiger partial charge < -0.3 is 11.5 Å². The van der Waals surface area contributed by atoms with Crippen molar-refractivity contribution < 1.29 is 28.7 Å². The van der Waals surface area contributed by atoms with Crippen LogP contribution in [0.5, 0.6) is 0 Å². The highest BCUT2D eigenvalue weighted by Crippen LogP contribution is 1.59. The molecule has 10 nitrogen and oxygen atoms in total. The van der Waals surface area contributed by atoms with Gasteiger partial charge >= 0.3 is 16.4 Å². The summed E-state index contributed by atoms with van der Waals surface area (Å²) in [5, 5.41) is 10.8. The summed E-state index contributed by atoms with van der Waals surface area (Å²) in [5.74, 6) is -0.167. The highest BCUT2D eigenvalue weighted by Gasteiger charge is 1.84. The summed E-state index contributed by atoms with van der Waals surface area (Å²) in [6.07, 6.45) is 0. The molecule has 0 saturated carbocycles. The van der Waals surface area contributed by atoms with Crippen molar-refractivity contribution in [2.24, 2.45) is 17.2 Å². The van der Waals surface area contributed by atoms with Crippen LogP contribution in [0.3, 0.4) is 0 Å². The summed E-state index contributed by atoms with van der Waals surface area (Å²) in [4.78, 5) is 0. The third-order valence-electron chi connectivity index (χ3n) is 0. The topological polar surface area (TPSA) is 230 Å². The van der Waals surface area contributed by atoms with E-state index in [4.69, 9.17) is 34.1 Å². The summed E-state index contributed by atoms with van der Waals surface area (Å²) in [5.41, 5.74) is 16.8. The zero-order valence-corrected chi connectivity index (χ0v) is 7.45. The van der Waals surface area contributed by atoms with Gasteiger partial charge in [-0.1, -0.05) is 0 Å². The quantitative estimate of drug-likeness (QED) is 0.111. The minimum Gasteiger partial charge on any atom is -0.370 e. The molecule has 80 valence electrons. The maximum absolute atomic E-state index is 8.74. The Hall–Kier alpha value is -1.43. The van der Waals surface area contributed by atoms with Gasteiger partial charge in [0.2, 0.25) is 0 Å². The Balaban J connectivity index is -0.000000117. The fourth-order valence-corrected chi connectivity index (χ4v) is 0. The molecule has 0 radical (unpaired) electrons. The molecule has 14 N–H and O–H groups in total. The SMILES string of the molecule is N=C(N)N.NC(=[NH2+])[NH3+].O=S(=O)(O)O. The van der Waals surface area contributed by atoms with Gasteiger partial charge in [-0.15, -0.1) is 0 Å². The fourth-order valence-electron chi connectivity index (χ4n) is 0. The Morgan fingerprint density at radius 2 is 1.31 bits per heavy atom. The van der Waals surface area contributed by atoms with Gasteiger partial charge in [-0.05, 0) is 0 Å². The number of nitrogens with one attached hydrogen (secondary N) is 1. The van der Waals surface area contributed by atoms with Gasteiger partial charge in [0.15, 0.2) is 5.96 Å². The highest BCUT2D eigenvalue weighted by molar-refractivity contribution is 7.79. The summed E-state index contributed by atoms with van der Waals surface area (Å²) >= 11 is 0. The molecule has 0 heterocycles. The van der Waals surface area contributed by atoms with Crippen molar-refractivity contribution in [1.82, 2.24) is 0 Å². The molecular formula is C2H14N6O4S+2. The molecule has 0 saturated heterocycles. The van der Waals surface area contributed by atoms with Crippen molar-refractivity contribution in [2.75, 3.05) is 0 Å². The minimum atomic E-state index is -4.67. The maximum atomic E-state index is 8.74. The second kappa shape index (κ2) is 8.66. The van der Waals surface area contributed by atoms with Gasteiger partial charge in [-0.3, -0.25) is 20.2 Å². The van der Waals surface area contributed by atoms with Crippen LogP contribution in [-0.2, 0) is 10.4 Å². The van der Waals surface area contributed by atoms with E-state index in [0.29, 0.717) is 0 Å². The minimum absolute atomic E-state index is 0.167.